The Hall–Kier alpha value is -3.53. The SMILES string of the molecule is COc1ccc(N=C(Oc2cccc(C)c2)C(C)=COc2cccc(C)c2)cc1. The second-order valence-corrected chi connectivity index (χ2v) is 6.77. The molecule has 0 saturated carbocycles. The molecule has 0 amide bonds. The molecule has 4 nitrogen and oxygen atoms in total. The van der Waals surface area contributed by atoms with Gasteiger partial charge in [0.1, 0.15) is 17.2 Å². The van der Waals surface area contributed by atoms with Crippen molar-refractivity contribution >= 4 is 11.6 Å². The first-order valence-electron chi connectivity index (χ1n) is 9.41. The van der Waals surface area contributed by atoms with Crippen LogP contribution in [0.5, 0.6) is 17.2 Å². The molecule has 0 N–H and O–H groups in total. The molecule has 3 rings (SSSR count). The normalized spacial score (nSPS) is 11.9. The lowest BCUT2D eigenvalue weighted by atomic mass is 10.2. The van der Waals surface area contributed by atoms with E-state index in [4.69, 9.17) is 14.2 Å². The molecule has 4 heteroatoms. The van der Waals surface area contributed by atoms with E-state index in [1.165, 1.54) is 0 Å². The molecule has 0 aliphatic heterocycles. The van der Waals surface area contributed by atoms with E-state index in [2.05, 4.69) is 4.99 Å². The molecule has 29 heavy (non-hydrogen) atoms. The van der Waals surface area contributed by atoms with Gasteiger partial charge in [-0.05, 0) is 80.4 Å². The Bertz CT molecular complexity index is 1020. The summed E-state index contributed by atoms with van der Waals surface area (Å²) in [6.07, 6.45) is 1.66. The lowest BCUT2D eigenvalue weighted by Gasteiger charge is -2.11. The summed E-state index contributed by atoms with van der Waals surface area (Å²) in [5.74, 6) is 2.73. The van der Waals surface area contributed by atoms with Crippen LogP contribution < -0.4 is 14.2 Å². The average molecular weight is 387 g/mol. The van der Waals surface area contributed by atoms with E-state index in [1.54, 1.807) is 13.4 Å². The molecule has 0 aromatic heterocycles. The number of ether oxygens (including phenoxy) is 3. The number of nitrogens with zero attached hydrogens (tertiary/aromatic N) is 1. The summed E-state index contributed by atoms with van der Waals surface area (Å²) in [5, 5.41) is 0. The first-order valence-corrected chi connectivity index (χ1v) is 9.41. The van der Waals surface area contributed by atoms with Gasteiger partial charge in [-0.3, -0.25) is 0 Å². The number of hydrogen-bond donors (Lipinski definition) is 0. The van der Waals surface area contributed by atoms with Gasteiger partial charge in [0.25, 0.3) is 0 Å². The molecule has 0 unspecified atom stereocenters. The summed E-state index contributed by atoms with van der Waals surface area (Å²) in [7, 11) is 1.64. The average Bonchev–Trinajstić information content (AvgIpc) is 2.72. The number of methoxy groups -OCH3 is 1. The van der Waals surface area contributed by atoms with Gasteiger partial charge in [0.15, 0.2) is 0 Å². The predicted octanol–water partition coefficient (Wildman–Crippen LogP) is 6.40. The zero-order chi connectivity index (χ0) is 20.6. The van der Waals surface area contributed by atoms with Crippen LogP contribution in [0.15, 0.2) is 89.6 Å². The first-order chi connectivity index (χ1) is 14.0. The van der Waals surface area contributed by atoms with Gasteiger partial charge in [-0.15, -0.1) is 0 Å². The monoisotopic (exact) mass is 387 g/mol. The van der Waals surface area contributed by atoms with Crippen molar-refractivity contribution in [1.82, 2.24) is 0 Å². The van der Waals surface area contributed by atoms with Gasteiger partial charge in [-0.25, -0.2) is 4.99 Å². The van der Waals surface area contributed by atoms with E-state index in [-0.39, 0.29) is 0 Å². The summed E-state index contributed by atoms with van der Waals surface area (Å²) in [5.41, 5.74) is 3.78. The molecule has 0 radical (unpaired) electrons. The molecule has 0 saturated heterocycles. The van der Waals surface area contributed by atoms with E-state index in [1.807, 2.05) is 93.6 Å². The van der Waals surface area contributed by atoms with E-state index in [0.717, 1.165) is 39.6 Å². The Labute approximate surface area is 172 Å². The van der Waals surface area contributed by atoms with Gasteiger partial charge in [-0.1, -0.05) is 24.3 Å². The summed E-state index contributed by atoms with van der Waals surface area (Å²) in [6, 6.07) is 23.2. The zero-order valence-corrected chi connectivity index (χ0v) is 17.2. The van der Waals surface area contributed by atoms with Gasteiger partial charge >= 0.3 is 0 Å². The van der Waals surface area contributed by atoms with Crippen molar-refractivity contribution in [2.24, 2.45) is 4.99 Å². The number of benzene rings is 3. The van der Waals surface area contributed by atoms with Crippen molar-refractivity contribution in [2.45, 2.75) is 20.8 Å². The van der Waals surface area contributed by atoms with Gasteiger partial charge in [0.2, 0.25) is 5.90 Å². The lowest BCUT2D eigenvalue weighted by molar-refractivity contribution is 0.415. The Morgan fingerprint density at radius 3 is 2.03 bits per heavy atom. The summed E-state index contributed by atoms with van der Waals surface area (Å²) in [4.78, 5) is 4.68. The number of aryl methyl sites for hydroxylation is 2. The van der Waals surface area contributed by atoms with Crippen LogP contribution in [0, 0.1) is 13.8 Å². The molecular weight excluding hydrogens is 362 g/mol. The number of aliphatic imine (C=N–C) groups is 1. The predicted molar refractivity (Wildman–Crippen MR) is 117 cm³/mol. The van der Waals surface area contributed by atoms with Crippen molar-refractivity contribution in [3.8, 4) is 17.2 Å². The van der Waals surface area contributed by atoms with Crippen molar-refractivity contribution in [1.29, 1.82) is 0 Å². The van der Waals surface area contributed by atoms with Crippen molar-refractivity contribution in [3.05, 3.63) is 95.8 Å². The Kier molecular flexibility index (Phi) is 6.69. The fourth-order valence-electron chi connectivity index (χ4n) is 2.65. The molecule has 0 aliphatic carbocycles. The van der Waals surface area contributed by atoms with Gasteiger partial charge in [0.05, 0.1) is 19.1 Å². The van der Waals surface area contributed by atoms with E-state index in [0.29, 0.717) is 5.90 Å². The van der Waals surface area contributed by atoms with E-state index in [9.17, 15) is 0 Å². The van der Waals surface area contributed by atoms with Crippen molar-refractivity contribution in [3.63, 3.8) is 0 Å². The molecule has 148 valence electrons. The van der Waals surface area contributed by atoms with Gasteiger partial charge in [0, 0.05) is 5.57 Å². The minimum absolute atomic E-state index is 0.466. The molecule has 0 aliphatic rings. The highest BCUT2D eigenvalue weighted by Crippen LogP contribution is 2.22. The van der Waals surface area contributed by atoms with Crippen LogP contribution in [0.2, 0.25) is 0 Å². The molecule has 0 atom stereocenters. The van der Waals surface area contributed by atoms with Crippen LogP contribution in [0.4, 0.5) is 5.69 Å². The maximum absolute atomic E-state index is 6.10. The van der Waals surface area contributed by atoms with Crippen LogP contribution in [-0.4, -0.2) is 13.0 Å². The second kappa shape index (κ2) is 9.60. The molecule has 3 aromatic rings. The Morgan fingerprint density at radius 1 is 0.793 bits per heavy atom. The fourth-order valence-corrected chi connectivity index (χ4v) is 2.65. The molecule has 0 fully saturated rings. The van der Waals surface area contributed by atoms with Crippen LogP contribution in [0.3, 0.4) is 0 Å². The summed E-state index contributed by atoms with van der Waals surface area (Å²) < 4.78 is 17.1. The largest absolute Gasteiger partial charge is 0.497 e. The van der Waals surface area contributed by atoms with E-state index >= 15 is 0 Å². The highest BCUT2D eigenvalue weighted by molar-refractivity contribution is 5.96. The minimum atomic E-state index is 0.466. The highest BCUT2D eigenvalue weighted by Gasteiger charge is 2.08. The third-order valence-electron chi connectivity index (χ3n) is 4.21. The van der Waals surface area contributed by atoms with Crippen LogP contribution in [0.1, 0.15) is 18.1 Å². The molecule has 0 spiro atoms. The van der Waals surface area contributed by atoms with Gasteiger partial charge < -0.3 is 14.2 Å². The first kappa shape index (κ1) is 20.2. The Balaban J connectivity index is 1.89. The molecule has 3 aromatic carbocycles. The maximum Gasteiger partial charge on any atom is 0.225 e. The zero-order valence-electron chi connectivity index (χ0n) is 17.2. The maximum atomic E-state index is 6.10. The molecule has 0 bridgehead atoms. The third kappa shape index (κ3) is 5.98. The molecular formula is C25H25NO3. The van der Waals surface area contributed by atoms with Crippen LogP contribution in [-0.2, 0) is 0 Å². The summed E-state index contributed by atoms with van der Waals surface area (Å²) in [6.45, 7) is 5.96. The fraction of sp³-hybridized carbons (Fsp3) is 0.160. The quantitative estimate of drug-likeness (QED) is 0.279. The standard InChI is InChI=1S/C25H25NO3/c1-18-7-5-9-23(15-18)28-17-20(3)25(29-24-10-6-8-19(2)16-24)26-21-11-13-22(27-4)14-12-21/h5-17H,1-4H3. The lowest BCUT2D eigenvalue weighted by Crippen LogP contribution is -2.11. The molecule has 0 heterocycles. The Morgan fingerprint density at radius 2 is 1.41 bits per heavy atom. The number of hydrogen-bond acceptors (Lipinski definition) is 4. The topological polar surface area (TPSA) is 40.0 Å². The smallest absolute Gasteiger partial charge is 0.225 e. The number of rotatable bonds is 6. The van der Waals surface area contributed by atoms with Crippen LogP contribution in [0.25, 0.3) is 0 Å². The van der Waals surface area contributed by atoms with Gasteiger partial charge in [-0.2, -0.15) is 0 Å². The summed E-state index contributed by atoms with van der Waals surface area (Å²) >= 11 is 0. The van der Waals surface area contributed by atoms with E-state index < -0.39 is 0 Å². The van der Waals surface area contributed by atoms with Crippen molar-refractivity contribution in [2.75, 3.05) is 7.11 Å². The highest BCUT2D eigenvalue weighted by atomic mass is 16.5. The third-order valence-corrected chi connectivity index (χ3v) is 4.21. The minimum Gasteiger partial charge on any atom is -0.497 e. The second-order valence-electron chi connectivity index (χ2n) is 6.77. The van der Waals surface area contributed by atoms with Crippen molar-refractivity contribution < 1.29 is 14.2 Å². The van der Waals surface area contributed by atoms with Crippen LogP contribution >= 0.6 is 0 Å².